The van der Waals surface area contributed by atoms with Crippen molar-refractivity contribution in [3.8, 4) is 5.75 Å². The summed E-state index contributed by atoms with van der Waals surface area (Å²) >= 11 is 6.05. The maximum Gasteiger partial charge on any atom is 0.292 e. The Morgan fingerprint density at radius 2 is 2.05 bits per heavy atom. The van der Waals surface area contributed by atoms with E-state index in [0.717, 1.165) is 17.5 Å². The number of ether oxygens (including phenoxy) is 1. The summed E-state index contributed by atoms with van der Waals surface area (Å²) in [6, 6.07) is 10.0. The van der Waals surface area contributed by atoms with Crippen molar-refractivity contribution in [3.05, 3.63) is 62.7 Å². The van der Waals surface area contributed by atoms with Gasteiger partial charge in [-0.2, -0.15) is 0 Å². The van der Waals surface area contributed by atoms with Gasteiger partial charge in [-0.1, -0.05) is 18.5 Å². The first-order chi connectivity index (χ1) is 10.0. The van der Waals surface area contributed by atoms with E-state index in [2.05, 4.69) is 0 Å². The monoisotopic (exact) mass is 306 g/mol. The van der Waals surface area contributed by atoms with Crippen LogP contribution in [0.25, 0.3) is 0 Å². The maximum absolute atomic E-state index is 10.7. The van der Waals surface area contributed by atoms with Gasteiger partial charge < -0.3 is 10.5 Å². The molecule has 0 aliphatic heterocycles. The van der Waals surface area contributed by atoms with Crippen molar-refractivity contribution in [1.82, 2.24) is 0 Å². The van der Waals surface area contributed by atoms with Crippen LogP contribution in [0.2, 0.25) is 5.02 Å². The number of nitrogen functional groups attached to an aromatic ring is 1. The van der Waals surface area contributed by atoms with Crippen molar-refractivity contribution in [2.24, 2.45) is 0 Å². The van der Waals surface area contributed by atoms with Gasteiger partial charge >= 0.3 is 0 Å². The fourth-order valence-electron chi connectivity index (χ4n) is 1.94. The predicted octanol–water partition coefficient (Wildman–Crippen LogP) is 3.97. The van der Waals surface area contributed by atoms with Gasteiger partial charge in [0.05, 0.1) is 4.92 Å². The second kappa shape index (κ2) is 6.45. The van der Waals surface area contributed by atoms with Crippen molar-refractivity contribution in [2.45, 2.75) is 20.0 Å². The van der Waals surface area contributed by atoms with E-state index in [0.29, 0.717) is 10.8 Å². The molecule has 0 heterocycles. The zero-order valence-corrected chi connectivity index (χ0v) is 12.3. The highest BCUT2D eigenvalue weighted by atomic mass is 35.5. The Bertz CT molecular complexity index is 674. The molecule has 0 aromatic heterocycles. The van der Waals surface area contributed by atoms with Gasteiger partial charge in [0.2, 0.25) is 0 Å². The molecule has 0 saturated heterocycles. The zero-order valence-electron chi connectivity index (χ0n) is 11.5. The van der Waals surface area contributed by atoms with E-state index in [1.54, 1.807) is 24.3 Å². The molecule has 0 fully saturated rings. The van der Waals surface area contributed by atoms with Crippen LogP contribution < -0.4 is 10.5 Å². The molecule has 21 heavy (non-hydrogen) atoms. The lowest BCUT2D eigenvalue weighted by molar-refractivity contribution is -0.383. The van der Waals surface area contributed by atoms with Crippen molar-refractivity contribution < 1.29 is 9.66 Å². The average molecular weight is 307 g/mol. The number of hydrogen-bond donors (Lipinski definition) is 1. The van der Waals surface area contributed by atoms with Crippen LogP contribution in [-0.2, 0) is 13.0 Å². The molecule has 2 aromatic carbocycles. The minimum absolute atomic E-state index is 0.0986. The van der Waals surface area contributed by atoms with Gasteiger partial charge in [0.25, 0.3) is 5.69 Å². The lowest BCUT2D eigenvalue weighted by atomic mass is 10.1. The molecule has 0 saturated carbocycles. The number of benzene rings is 2. The molecule has 2 rings (SSSR count). The minimum atomic E-state index is -0.507. The van der Waals surface area contributed by atoms with Gasteiger partial charge in [0, 0.05) is 11.1 Å². The smallest absolute Gasteiger partial charge is 0.292 e. The molecule has 0 atom stereocenters. The van der Waals surface area contributed by atoms with Crippen molar-refractivity contribution in [3.63, 3.8) is 0 Å². The highest BCUT2D eigenvalue weighted by molar-refractivity contribution is 6.31. The SMILES string of the molecule is CCc1cc(OCc2ccc([N+](=O)[O-])c(N)c2)ccc1Cl. The number of halogens is 1. The third-order valence-electron chi connectivity index (χ3n) is 3.09. The van der Waals surface area contributed by atoms with Crippen molar-refractivity contribution in [1.29, 1.82) is 0 Å². The third kappa shape index (κ3) is 3.64. The van der Waals surface area contributed by atoms with E-state index in [1.807, 2.05) is 13.0 Å². The van der Waals surface area contributed by atoms with Crippen molar-refractivity contribution >= 4 is 23.0 Å². The molecular weight excluding hydrogens is 292 g/mol. The molecule has 110 valence electrons. The molecule has 0 amide bonds. The molecule has 0 bridgehead atoms. The fraction of sp³-hybridized carbons (Fsp3) is 0.200. The quantitative estimate of drug-likeness (QED) is 0.515. The molecular formula is C15H15ClN2O3. The number of nitro benzene ring substituents is 1. The van der Waals surface area contributed by atoms with Gasteiger partial charge in [-0.25, -0.2) is 0 Å². The van der Waals surface area contributed by atoms with Crippen LogP contribution in [0.5, 0.6) is 5.75 Å². The molecule has 5 nitrogen and oxygen atoms in total. The zero-order chi connectivity index (χ0) is 15.4. The maximum atomic E-state index is 10.7. The van der Waals surface area contributed by atoms with Crippen LogP contribution in [0.1, 0.15) is 18.1 Å². The molecule has 0 unspecified atom stereocenters. The first kappa shape index (κ1) is 15.1. The number of anilines is 1. The Labute approximate surface area is 127 Å². The molecule has 2 aromatic rings. The van der Waals surface area contributed by atoms with Gasteiger partial charge in [0.1, 0.15) is 18.0 Å². The largest absolute Gasteiger partial charge is 0.489 e. The van der Waals surface area contributed by atoms with Crippen LogP contribution >= 0.6 is 11.6 Å². The summed E-state index contributed by atoms with van der Waals surface area (Å²) in [5.41, 5.74) is 7.46. The number of rotatable bonds is 5. The lowest BCUT2D eigenvalue weighted by Crippen LogP contribution is -2.00. The molecule has 0 aliphatic rings. The van der Waals surface area contributed by atoms with Crippen LogP contribution in [0, 0.1) is 10.1 Å². The lowest BCUT2D eigenvalue weighted by Gasteiger charge is -2.09. The fourth-order valence-corrected chi connectivity index (χ4v) is 2.19. The standard InChI is InChI=1S/C15H15ClN2O3/c1-2-11-8-12(4-5-13(11)16)21-9-10-3-6-15(18(19)20)14(17)7-10/h3-8H,2,9,17H2,1H3. The first-order valence-electron chi connectivity index (χ1n) is 6.45. The van der Waals surface area contributed by atoms with E-state index in [-0.39, 0.29) is 18.0 Å². The number of nitrogens with two attached hydrogens (primary N) is 1. The second-order valence-electron chi connectivity index (χ2n) is 4.55. The Hall–Kier alpha value is -2.27. The van der Waals surface area contributed by atoms with Crippen LogP contribution in [0.15, 0.2) is 36.4 Å². The highest BCUT2D eigenvalue weighted by Crippen LogP contribution is 2.25. The average Bonchev–Trinajstić information content (AvgIpc) is 2.46. The minimum Gasteiger partial charge on any atom is -0.489 e. The van der Waals surface area contributed by atoms with E-state index in [9.17, 15) is 10.1 Å². The Morgan fingerprint density at radius 3 is 2.67 bits per heavy atom. The molecule has 0 spiro atoms. The number of aryl methyl sites for hydroxylation is 1. The van der Waals surface area contributed by atoms with Gasteiger partial charge in [-0.3, -0.25) is 10.1 Å². The number of nitrogens with zero attached hydrogens (tertiary/aromatic N) is 1. The summed E-state index contributed by atoms with van der Waals surface area (Å²) in [6.07, 6.45) is 0.820. The Morgan fingerprint density at radius 1 is 1.29 bits per heavy atom. The summed E-state index contributed by atoms with van der Waals surface area (Å²) in [5, 5.41) is 11.4. The summed E-state index contributed by atoms with van der Waals surface area (Å²) in [6.45, 7) is 2.30. The van der Waals surface area contributed by atoms with Crippen LogP contribution in [0.3, 0.4) is 0 Å². The molecule has 0 aliphatic carbocycles. The van der Waals surface area contributed by atoms with Crippen molar-refractivity contribution in [2.75, 3.05) is 5.73 Å². The van der Waals surface area contributed by atoms with Crippen LogP contribution in [-0.4, -0.2) is 4.92 Å². The predicted molar refractivity (Wildman–Crippen MR) is 82.7 cm³/mol. The first-order valence-corrected chi connectivity index (χ1v) is 6.83. The van der Waals surface area contributed by atoms with Gasteiger partial charge in [0.15, 0.2) is 0 Å². The Kier molecular flexibility index (Phi) is 4.65. The van der Waals surface area contributed by atoms with E-state index in [1.165, 1.54) is 6.07 Å². The summed E-state index contributed by atoms with van der Waals surface area (Å²) in [5.74, 6) is 0.702. The van der Waals surface area contributed by atoms with Crippen LogP contribution in [0.4, 0.5) is 11.4 Å². The van der Waals surface area contributed by atoms with E-state index < -0.39 is 4.92 Å². The topological polar surface area (TPSA) is 78.4 Å². The normalized spacial score (nSPS) is 10.4. The third-order valence-corrected chi connectivity index (χ3v) is 3.46. The highest BCUT2D eigenvalue weighted by Gasteiger charge is 2.11. The molecule has 0 radical (unpaired) electrons. The Balaban J connectivity index is 2.09. The number of nitro groups is 1. The summed E-state index contributed by atoms with van der Waals surface area (Å²) in [4.78, 5) is 10.2. The van der Waals surface area contributed by atoms with E-state index >= 15 is 0 Å². The van der Waals surface area contributed by atoms with Gasteiger partial charge in [-0.05, 0) is 47.9 Å². The summed E-state index contributed by atoms with van der Waals surface area (Å²) in [7, 11) is 0. The van der Waals surface area contributed by atoms with E-state index in [4.69, 9.17) is 22.1 Å². The number of hydrogen-bond acceptors (Lipinski definition) is 4. The molecule has 6 heteroatoms. The molecule has 2 N–H and O–H groups in total. The van der Waals surface area contributed by atoms with Gasteiger partial charge in [-0.15, -0.1) is 0 Å². The summed E-state index contributed by atoms with van der Waals surface area (Å²) < 4.78 is 5.66. The second-order valence-corrected chi connectivity index (χ2v) is 4.95.